The summed E-state index contributed by atoms with van der Waals surface area (Å²) in [6.45, 7) is 4.38. The number of carboxylic acids is 1. The summed E-state index contributed by atoms with van der Waals surface area (Å²) < 4.78 is 1.57. The zero-order chi connectivity index (χ0) is 14.4. The van der Waals surface area contributed by atoms with Gasteiger partial charge in [0.1, 0.15) is 5.69 Å². The molecular weight excluding hydrogens is 246 g/mol. The molecule has 6 heteroatoms. The van der Waals surface area contributed by atoms with E-state index in [9.17, 15) is 9.59 Å². The van der Waals surface area contributed by atoms with E-state index in [0.717, 1.165) is 12.1 Å². The van der Waals surface area contributed by atoms with Gasteiger partial charge in [-0.3, -0.25) is 14.3 Å². The minimum atomic E-state index is -0.808. The first-order valence-corrected chi connectivity index (χ1v) is 6.47. The lowest BCUT2D eigenvalue weighted by Crippen LogP contribution is -2.30. The molecule has 19 heavy (non-hydrogen) atoms. The fourth-order valence-corrected chi connectivity index (χ4v) is 1.74. The minimum Gasteiger partial charge on any atom is -0.481 e. The zero-order valence-corrected chi connectivity index (χ0v) is 11.6. The number of hydrogen-bond donors (Lipinski definition) is 2. The molecule has 0 aromatic carbocycles. The number of nitrogens with zero attached hydrogens (tertiary/aromatic N) is 2. The summed E-state index contributed by atoms with van der Waals surface area (Å²) >= 11 is 0. The zero-order valence-electron chi connectivity index (χ0n) is 11.6. The van der Waals surface area contributed by atoms with Crippen molar-refractivity contribution in [2.24, 2.45) is 13.0 Å². The van der Waals surface area contributed by atoms with Crippen LogP contribution >= 0.6 is 0 Å². The summed E-state index contributed by atoms with van der Waals surface area (Å²) in [6, 6.07) is 1.78. The lowest BCUT2D eigenvalue weighted by Gasteiger charge is -2.11. The maximum absolute atomic E-state index is 11.9. The SMILES string of the molecule is CCc1cc(C(=O)NCC(C)CCC(=O)O)n(C)n1. The first kappa shape index (κ1) is 15.2. The number of aryl methyl sites for hydroxylation is 2. The highest BCUT2D eigenvalue weighted by Gasteiger charge is 2.13. The van der Waals surface area contributed by atoms with Crippen LogP contribution in [0.5, 0.6) is 0 Å². The van der Waals surface area contributed by atoms with Gasteiger partial charge in [0.25, 0.3) is 5.91 Å². The van der Waals surface area contributed by atoms with Crippen molar-refractivity contribution in [3.63, 3.8) is 0 Å². The number of hydrogen-bond acceptors (Lipinski definition) is 3. The smallest absolute Gasteiger partial charge is 0.303 e. The van der Waals surface area contributed by atoms with Crippen molar-refractivity contribution in [2.45, 2.75) is 33.1 Å². The monoisotopic (exact) mass is 267 g/mol. The fraction of sp³-hybridized carbons (Fsp3) is 0.615. The van der Waals surface area contributed by atoms with Crippen LogP contribution < -0.4 is 5.32 Å². The number of nitrogens with one attached hydrogen (secondary N) is 1. The molecule has 0 saturated carbocycles. The van der Waals surface area contributed by atoms with Gasteiger partial charge >= 0.3 is 5.97 Å². The van der Waals surface area contributed by atoms with Crippen molar-refractivity contribution < 1.29 is 14.7 Å². The van der Waals surface area contributed by atoms with Crippen molar-refractivity contribution in [1.82, 2.24) is 15.1 Å². The van der Waals surface area contributed by atoms with E-state index < -0.39 is 5.97 Å². The van der Waals surface area contributed by atoms with E-state index in [4.69, 9.17) is 5.11 Å². The third kappa shape index (κ3) is 4.73. The maximum Gasteiger partial charge on any atom is 0.303 e. The van der Waals surface area contributed by atoms with Gasteiger partial charge in [0.2, 0.25) is 0 Å². The van der Waals surface area contributed by atoms with E-state index in [1.165, 1.54) is 0 Å². The normalized spacial score (nSPS) is 12.2. The van der Waals surface area contributed by atoms with Gasteiger partial charge in [-0.05, 0) is 24.8 Å². The molecular formula is C13H21N3O3. The predicted octanol–water partition coefficient (Wildman–Crippen LogP) is 1.21. The third-order valence-corrected chi connectivity index (χ3v) is 2.99. The van der Waals surface area contributed by atoms with Gasteiger partial charge in [-0.2, -0.15) is 5.10 Å². The number of carboxylic acid groups (broad SMARTS) is 1. The van der Waals surface area contributed by atoms with Crippen LogP contribution in [0.4, 0.5) is 0 Å². The Balaban J connectivity index is 2.46. The molecule has 0 fully saturated rings. The summed E-state index contributed by atoms with van der Waals surface area (Å²) in [5.74, 6) is -0.840. The topological polar surface area (TPSA) is 84.2 Å². The Morgan fingerprint density at radius 1 is 1.53 bits per heavy atom. The number of aromatic nitrogens is 2. The van der Waals surface area contributed by atoms with E-state index >= 15 is 0 Å². The van der Waals surface area contributed by atoms with Gasteiger partial charge < -0.3 is 10.4 Å². The third-order valence-electron chi connectivity index (χ3n) is 2.99. The molecule has 1 rings (SSSR count). The summed E-state index contributed by atoms with van der Waals surface area (Å²) in [4.78, 5) is 22.4. The molecule has 1 aromatic rings. The Morgan fingerprint density at radius 3 is 2.74 bits per heavy atom. The largest absolute Gasteiger partial charge is 0.481 e. The maximum atomic E-state index is 11.9. The van der Waals surface area contributed by atoms with Crippen LogP contribution in [0.25, 0.3) is 0 Å². The molecule has 1 heterocycles. The number of carbonyl (C=O) groups excluding carboxylic acids is 1. The van der Waals surface area contributed by atoms with Gasteiger partial charge in [0, 0.05) is 20.0 Å². The molecule has 0 radical (unpaired) electrons. The second kappa shape index (κ2) is 6.92. The predicted molar refractivity (Wildman–Crippen MR) is 71.0 cm³/mol. The molecule has 1 aromatic heterocycles. The van der Waals surface area contributed by atoms with Crippen LogP contribution in [0.15, 0.2) is 6.07 Å². The van der Waals surface area contributed by atoms with Gasteiger partial charge in [0.15, 0.2) is 0 Å². The number of amides is 1. The van der Waals surface area contributed by atoms with Crippen molar-refractivity contribution in [3.05, 3.63) is 17.5 Å². The average molecular weight is 267 g/mol. The van der Waals surface area contributed by atoms with E-state index in [0.29, 0.717) is 18.7 Å². The molecule has 0 aliphatic carbocycles. The van der Waals surface area contributed by atoms with E-state index in [2.05, 4.69) is 10.4 Å². The fourth-order valence-electron chi connectivity index (χ4n) is 1.74. The van der Waals surface area contributed by atoms with Crippen LogP contribution in [0.3, 0.4) is 0 Å². The van der Waals surface area contributed by atoms with Gasteiger partial charge in [0.05, 0.1) is 5.69 Å². The van der Waals surface area contributed by atoms with Crippen LogP contribution in [-0.4, -0.2) is 33.3 Å². The molecule has 2 N–H and O–H groups in total. The second-order valence-electron chi connectivity index (χ2n) is 4.75. The minimum absolute atomic E-state index is 0.128. The standard InChI is InChI=1S/C13H21N3O3/c1-4-10-7-11(16(3)15-10)13(19)14-8-9(2)5-6-12(17)18/h7,9H,4-6,8H2,1-3H3,(H,14,19)(H,17,18). The van der Waals surface area contributed by atoms with E-state index in [-0.39, 0.29) is 18.2 Å². The number of carbonyl (C=O) groups is 2. The molecule has 6 nitrogen and oxygen atoms in total. The van der Waals surface area contributed by atoms with Gasteiger partial charge in [-0.1, -0.05) is 13.8 Å². The molecule has 1 amide bonds. The summed E-state index contributed by atoms with van der Waals surface area (Å²) in [6.07, 6.45) is 1.47. The highest BCUT2D eigenvalue weighted by molar-refractivity contribution is 5.92. The van der Waals surface area contributed by atoms with Gasteiger partial charge in [-0.25, -0.2) is 0 Å². The van der Waals surface area contributed by atoms with E-state index in [1.54, 1.807) is 17.8 Å². The van der Waals surface area contributed by atoms with Crippen molar-refractivity contribution in [3.8, 4) is 0 Å². The second-order valence-corrected chi connectivity index (χ2v) is 4.75. The summed E-state index contributed by atoms with van der Waals surface area (Å²) in [5, 5.41) is 15.6. The van der Waals surface area contributed by atoms with Crippen molar-refractivity contribution in [1.29, 1.82) is 0 Å². The first-order valence-electron chi connectivity index (χ1n) is 6.47. The highest BCUT2D eigenvalue weighted by Crippen LogP contribution is 2.06. The first-order chi connectivity index (χ1) is 8.93. The Hall–Kier alpha value is -1.85. The Morgan fingerprint density at radius 2 is 2.21 bits per heavy atom. The molecule has 0 spiro atoms. The summed E-state index contributed by atoms with van der Waals surface area (Å²) in [7, 11) is 1.74. The van der Waals surface area contributed by atoms with Crippen LogP contribution in [-0.2, 0) is 18.3 Å². The van der Waals surface area contributed by atoms with Crippen molar-refractivity contribution >= 4 is 11.9 Å². The molecule has 0 aliphatic rings. The summed E-state index contributed by atoms with van der Waals surface area (Å²) in [5.41, 5.74) is 1.41. The molecule has 1 atom stereocenters. The lowest BCUT2D eigenvalue weighted by molar-refractivity contribution is -0.137. The highest BCUT2D eigenvalue weighted by atomic mass is 16.4. The van der Waals surface area contributed by atoms with Crippen molar-refractivity contribution in [2.75, 3.05) is 6.54 Å². The Bertz CT molecular complexity index is 454. The Labute approximate surface area is 112 Å². The number of rotatable bonds is 7. The van der Waals surface area contributed by atoms with Crippen LogP contribution in [0.1, 0.15) is 42.9 Å². The molecule has 0 bridgehead atoms. The van der Waals surface area contributed by atoms with Gasteiger partial charge in [-0.15, -0.1) is 0 Å². The Kier molecular flexibility index (Phi) is 5.54. The van der Waals surface area contributed by atoms with Crippen LogP contribution in [0, 0.1) is 5.92 Å². The quantitative estimate of drug-likeness (QED) is 0.777. The molecule has 0 saturated heterocycles. The molecule has 0 aliphatic heterocycles. The van der Waals surface area contributed by atoms with E-state index in [1.807, 2.05) is 13.8 Å². The van der Waals surface area contributed by atoms with Crippen LogP contribution in [0.2, 0.25) is 0 Å². The molecule has 1 unspecified atom stereocenters. The molecule has 106 valence electrons. The lowest BCUT2D eigenvalue weighted by atomic mass is 10.1. The average Bonchev–Trinajstić information content (AvgIpc) is 2.74. The number of aliphatic carboxylic acids is 1.